The number of benzene rings is 3. The molecule has 3 aromatic rings. The average molecular weight is 497 g/mol. The summed E-state index contributed by atoms with van der Waals surface area (Å²) < 4.78 is 21.7. The summed E-state index contributed by atoms with van der Waals surface area (Å²) in [5, 5.41) is 0. The first-order valence-corrected chi connectivity index (χ1v) is 13.3. The van der Waals surface area contributed by atoms with E-state index in [2.05, 4.69) is 66.8 Å². The summed E-state index contributed by atoms with van der Waals surface area (Å²) in [7, 11) is 0. The smallest absolute Gasteiger partial charge is 0.138 e. The van der Waals surface area contributed by atoms with Gasteiger partial charge in [0.05, 0.1) is 11.7 Å². The topological polar surface area (TPSA) is 9.23 Å². The van der Waals surface area contributed by atoms with Gasteiger partial charge in [-0.05, 0) is 46.6 Å². The van der Waals surface area contributed by atoms with Crippen molar-refractivity contribution in [3.8, 4) is 0 Å². The molecule has 0 saturated heterocycles. The Balaban J connectivity index is 1.42. The molecular formula is C34H21FOS. The van der Waals surface area contributed by atoms with Crippen LogP contribution in [0.25, 0.3) is 0 Å². The van der Waals surface area contributed by atoms with Gasteiger partial charge in [0.25, 0.3) is 0 Å². The zero-order chi connectivity index (χ0) is 24.6. The molecule has 3 aromatic carbocycles. The predicted molar refractivity (Wildman–Crippen MR) is 146 cm³/mol. The molecule has 2 aliphatic heterocycles. The minimum absolute atomic E-state index is 0.138. The van der Waals surface area contributed by atoms with Crippen LogP contribution in [-0.2, 0) is 10.2 Å². The van der Waals surface area contributed by atoms with Crippen LogP contribution in [-0.4, -0.2) is 0 Å². The van der Waals surface area contributed by atoms with E-state index >= 15 is 4.39 Å². The monoisotopic (exact) mass is 496 g/mol. The third kappa shape index (κ3) is 2.86. The van der Waals surface area contributed by atoms with Gasteiger partial charge in [0.15, 0.2) is 0 Å². The average Bonchev–Trinajstić information content (AvgIpc) is 3.52. The highest BCUT2D eigenvalue weighted by Crippen LogP contribution is 2.62. The molecule has 3 aliphatic carbocycles. The van der Waals surface area contributed by atoms with E-state index in [1.165, 1.54) is 26.5 Å². The van der Waals surface area contributed by atoms with Gasteiger partial charge in [0, 0.05) is 38.0 Å². The molecule has 0 bridgehead atoms. The van der Waals surface area contributed by atoms with E-state index in [0.717, 1.165) is 28.0 Å². The summed E-state index contributed by atoms with van der Waals surface area (Å²) in [6.45, 7) is 0. The van der Waals surface area contributed by atoms with E-state index in [4.69, 9.17) is 4.74 Å². The molecular weight excluding hydrogens is 475 g/mol. The second-order valence-corrected chi connectivity index (χ2v) is 10.9. The molecule has 0 fully saturated rings. The van der Waals surface area contributed by atoms with Crippen LogP contribution in [0.3, 0.4) is 0 Å². The standard InChI is InChI=1S/C34H21FOS/c35-28-14-6-5-13-27(28)34(22-9-2-1-3-10-22)17-16-21-19-25-31(26(21)20-34)33-30(24-12-8-18-36-32(24)25)23-11-4-7-15-29(23)37-33/h1-20,30H. The van der Waals surface area contributed by atoms with Crippen molar-refractivity contribution in [2.45, 2.75) is 16.2 Å². The summed E-state index contributed by atoms with van der Waals surface area (Å²) in [6.07, 6.45) is 14.8. The maximum atomic E-state index is 15.5. The lowest BCUT2D eigenvalue weighted by Gasteiger charge is -2.34. The molecule has 1 nitrogen and oxygen atoms in total. The van der Waals surface area contributed by atoms with Gasteiger partial charge in [-0.3, -0.25) is 0 Å². The minimum Gasteiger partial charge on any atom is -0.464 e. The van der Waals surface area contributed by atoms with Gasteiger partial charge in [0.1, 0.15) is 11.6 Å². The first-order valence-electron chi connectivity index (χ1n) is 12.5. The van der Waals surface area contributed by atoms with Crippen molar-refractivity contribution in [2.75, 3.05) is 0 Å². The molecule has 176 valence electrons. The number of hydrogen-bond acceptors (Lipinski definition) is 2. The number of halogens is 1. The van der Waals surface area contributed by atoms with Crippen molar-refractivity contribution in [1.82, 2.24) is 0 Å². The van der Waals surface area contributed by atoms with Crippen molar-refractivity contribution in [3.63, 3.8) is 0 Å². The summed E-state index contributed by atoms with van der Waals surface area (Å²) in [5.74, 6) is 0.861. The molecule has 2 heterocycles. The highest BCUT2D eigenvalue weighted by Gasteiger charge is 2.45. The highest BCUT2D eigenvalue weighted by molar-refractivity contribution is 8.03. The summed E-state index contributed by atoms with van der Waals surface area (Å²) >= 11 is 1.86. The van der Waals surface area contributed by atoms with Crippen LogP contribution in [0, 0.1) is 5.82 Å². The first-order chi connectivity index (χ1) is 18.2. The Morgan fingerprint density at radius 3 is 2.59 bits per heavy atom. The van der Waals surface area contributed by atoms with Gasteiger partial charge in [0.2, 0.25) is 0 Å². The molecule has 0 radical (unpaired) electrons. The van der Waals surface area contributed by atoms with E-state index in [0.29, 0.717) is 5.56 Å². The Morgan fingerprint density at radius 2 is 1.70 bits per heavy atom. The Morgan fingerprint density at radius 1 is 0.892 bits per heavy atom. The Bertz CT molecular complexity index is 1730. The quantitative estimate of drug-likeness (QED) is 0.352. The molecule has 0 amide bonds. The van der Waals surface area contributed by atoms with Crippen LogP contribution in [0.4, 0.5) is 4.39 Å². The van der Waals surface area contributed by atoms with Gasteiger partial charge >= 0.3 is 0 Å². The number of hydrogen-bond donors (Lipinski definition) is 0. The van der Waals surface area contributed by atoms with Crippen LogP contribution in [0.1, 0.15) is 22.6 Å². The lowest BCUT2D eigenvalue weighted by Crippen LogP contribution is -2.27. The molecule has 0 aromatic heterocycles. The second kappa shape index (κ2) is 7.71. The zero-order valence-electron chi connectivity index (χ0n) is 19.8. The van der Waals surface area contributed by atoms with E-state index in [1.54, 1.807) is 18.4 Å². The summed E-state index contributed by atoms with van der Waals surface area (Å²) in [6, 6.07) is 26.0. The van der Waals surface area contributed by atoms with Crippen molar-refractivity contribution in [3.05, 3.63) is 183 Å². The fourth-order valence-corrected chi connectivity index (χ4v) is 7.70. The number of fused-ring (bicyclic) bond motifs is 8. The predicted octanol–water partition coefficient (Wildman–Crippen LogP) is 8.43. The summed E-state index contributed by atoms with van der Waals surface area (Å²) in [4.78, 5) is 2.61. The van der Waals surface area contributed by atoms with Crippen molar-refractivity contribution in [1.29, 1.82) is 0 Å². The number of allylic oxidation sites excluding steroid dienone is 12. The fourth-order valence-electron chi connectivity index (χ4n) is 6.32. The second-order valence-electron chi connectivity index (χ2n) is 9.83. The lowest BCUT2D eigenvalue weighted by atomic mass is 9.69. The van der Waals surface area contributed by atoms with Crippen LogP contribution < -0.4 is 0 Å². The minimum atomic E-state index is -0.720. The molecule has 5 aliphatic rings. The van der Waals surface area contributed by atoms with Crippen LogP contribution in [0.2, 0.25) is 0 Å². The van der Waals surface area contributed by atoms with E-state index in [1.807, 2.05) is 48.2 Å². The molecule has 0 saturated carbocycles. The molecule has 3 heteroatoms. The molecule has 0 N–H and O–H groups in total. The molecule has 2 unspecified atom stereocenters. The first kappa shape index (κ1) is 21.0. The van der Waals surface area contributed by atoms with Crippen molar-refractivity contribution < 1.29 is 9.13 Å². The lowest BCUT2D eigenvalue weighted by molar-refractivity contribution is 0.348. The zero-order valence-corrected chi connectivity index (χ0v) is 20.6. The largest absolute Gasteiger partial charge is 0.464 e. The SMILES string of the molecule is Fc1ccccc1C1(c2ccccc2)C=CC2=CC3=C4OC=CC=C4C4C(=C3C2=C1)Sc1ccccc14. The van der Waals surface area contributed by atoms with Crippen molar-refractivity contribution >= 4 is 11.8 Å². The van der Waals surface area contributed by atoms with Crippen LogP contribution in [0.5, 0.6) is 0 Å². The Labute approximate surface area is 219 Å². The van der Waals surface area contributed by atoms with Gasteiger partial charge in [-0.25, -0.2) is 4.39 Å². The maximum absolute atomic E-state index is 15.5. The van der Waals surface area contributed by atoms with Gasteiger partial charge in [-0.1, -0.05) is 103 Å². The summed E-state index contributed by atoms with van der Waals surface area (Å²) in [5.41, 5.74) is 8.12. The van der Waals surface area contributed by atoms with Crippen LogP contribution >= 0.6 is 11.8 Å². The maximum Gasteiger partial charge on any atom is 0.138 e. The van der Waals surface area contributed by atoms with E-state index < -0.39 is 5.41 Å². The number of ether oxygens (including phenoxy) is 1. The van der Waals surface area contributed by atoms with Gasteiger partial charge in [-0.2, -0.15) is 0 Å². The van der Waals surface area contributed by atoms with Crippen molar-refractivity contribution in [2.24, 2.45) is 0 Å². The van der Waals surface area contributed by atoms with Gasteiger partial charge in [-0.15, -0.1) is 0 Å². The molecule has 2 atom stereocenters. The molecule has 8 rings (SSSR count). The Hall–Kier alpha value is -4.08. The van der Waals surface area contributed by atoms with Crippen LogP contribution in [0.15, 0.2) is 165 Å². The third-order valence-electron chi connectivity index (χ3n) is 7.93. The van der Waals surface area contributed by atoms with E-state index in [9.17, 15) is 0 Å². The highest BCUT2D eigenvalue weighted by atomic mass is 32.2. The number of rotatable bonds is 2. The third-order valence-corrected chi connectivity index (χ3v) is 9.19. The van der Waals surface area contributed by atoms with Gasteiger partial charge < -0.3 is 4.74 Å². The molecule has 0 spiro atoms. The number of thioether (sulfide) groups is 1. The normalized spacial score (nSPS) is 24.4. The fraction of sp³-hybridized carbons (Fsp3) is 0.0588. The van der Waals surface area contributed by atoms with E-state index in [-0.39, 0.29) is 11.7 Å². The Kier molecular flexibility index (Phi) is 4.38. The molecule has 37 heavy (non-hydrogen) atoms.